The highest BCUT2D eigenvalue weighted by molar-refractivity contribution is 5.80. The molecule has 0 saturated heterocycles. The molecule has 1 heterocycles. The van der Waals surface area contributed by atoms with Crippen LogP contribution in [-0.4, -0.2) is 31.1 Å². The lowest BCUT2D eigenvalue weighted by Crippen LogP contribution is -2.32. The van der Waals surface area contributed by atoms with Crippen molar-refractivity contribution in [1.82, 2.24) is 0 Å². The number of allylic oxidation sites excluding steroid dienone is 1. The Hall–Kier alpha value is -1.32. The predicted molar refractivity (Wildman–Crippen MR) is 53.2 cm³/mol. The number of nitrogens with zero attached hydrogens (tertiary/aromatic N) is 1. The van der Waals surface area contributed by atoms with Crippen LogP contribution >= 0.6 is 0 Å². The molecule has 78 valence electrons. The van der Waals surface area contributed by atoms with Gasteiger partial charge >= 0.3 is 5.97 Å². The Balaban J connectivity index is 2.67. The van der Waals surface area contributed by atoms with E-state index in [1.807, 2.05) is 19.9 Å². The fourth-order valence-corrected chi connectivity index (χ4v) is 1.25. The molecule has 0 N–H and O–H groups in total. The normalized spacial score (nSPS) is 26.1. The lowest BCUT2D eigenvalue weighted by atomic mass is 10.0. The van der Waals surface area contributed by atoms with Crippen molar-refractivity contribution in [2.75, 3.05) is 6.61 Å². The summed E-state index contributed by atoms with van der Waals surface area (Å²) in [7, 11) is 0. The zero-order valence-electron chi connectivity index (χ0n) is 8.69. The first-order valence-electron chi connectivity index (χ1n) is 4.67. The third kappa shape index (κ3) is 2.13. The minimum absolute atomic E-state index is 0.293. The maximum Gasteiger partial charge on any atom is 0.335 e. The van der Waals surface area contributed by atoms with Gasteiger partial charge in [-0.3, -0.25) is 0 Å². The number of aliphatic imine (C=N–C) groups is 1. The third-order valence-electron chi connectivity index (χ3n) is 2.15. The van der Waals surface area contributed by atoms with Crippen LogP contribution < -0.4 is 0 Å². The van der Waals surface area contributed by atoms with Crippen molar-refractivity contribution in [3.63, 3.8) is 0 Å². The molecule has 0 saturated carbocycles. The zero-order chi connectivity index (χ0) is 10.6. The molecule has 2 unspecified atom stereocenters. The summed E-state index contributed by atoms with van der Waals surface area (Å²) in [6.45, 7) is 5.95. The van der Waals surface area contributed by atoms with Crippen molar-refractivity contribution < 1.29 is 14.3 Å². The number of hydrogen-bond donors (Lipinski definition) is 0. The van der Waals surface area contributed by atoms with Crippen LogP contribution in [0.25, 0.3) is 0 Å². The summed E-state index contributed by atoms with van der Waals surface area (Å²) in [4.78, 5) is 15.4. The Kier molecular flexibility index (Phi) is 3.68. The predicted octanol–water partition coefficient (Wildman–Crippen LogP) is 1.31. The van der Waals surface area contributed by atoms with Crippen LogP contribution in [0.1, 0.15) is 20.8 Å². The van der Waals surface area contributed by atoms with Gasteiger partial charge in [0.05, 0.1) is 6.61 Å². The minimum Gasteiger partial charge on any atom is -0.473 e. The second-order valence-electron chi connectivity index (χ2n) is 3.04. The maximum absolute atomic E-state index is 11.4. The van der Waals surface area contributed by atoms with Gasteiger partial charge < -0.3 is 9.47 Å². The second kappa shape index (κ2) is 4.79. The van der Waals surface area contributed by atoms with Gasteiger partial charge in [0.1, 0.15) is 0 Å². The van der Waals surface area contributed by atoms with E-state index in [2.05, 4.69) is 4.99 Å². The number of carbonyl (C=O) groups excluding carboxylic acids is 1. The Morgan fingerprint density at radius 3 is 3.00 bits per heavy atom. The van der Waals surface area contributed by atoms with Crippen LogP contribution in [0.3, 0.4) is 0 Å². The first-order chi connectivity index (χ1) is 6.70. The highest BCUT2D eigenvalue weighted by Crippen LogP contribution is 2.18. The highest BCUT2D eigenvalue weighted by atomic mass is 16.5. The summed E-state index contributed by atoms with van der Waals surface area (Å²) in [6, 6.07) is -0.536. The van der Waals surface area contributed by atoms with E-state index >= 15 is 0 Å². The molecule has 1 aliphatic heterocycles. The molecule has 4 heteroatoms. The molecule has 0 aromatic heterocycles. The number of rotatable bonds is 3. The fraction of sp³-hybridized carbons (Fsp3) is 0.600. The van der Waals surface area contributed by atoms with Gasteiger partial charge in [0.15, 0.2) is 18.5 Å². The van der Waals surface area contributed by atoms with Gasteiger partial charge in [-0.05, 0) is 26.3 Å². The van der Waals surface area contributed by atoms with Gasteiger partial charge in [0.25, 0.3) is 0 Å². The molecule has 0 aromatic carbocycles. The lowest BCUT2D eigenvalue weighted by molar-refractivity contribution is -0.145. The minimum atomic E-state index is -0.536. The van der Waals surface area contributed by atoms with E-state index in [0.717, 1.165) is 5.57 Å². The molecule has 0 aliphatic carbocycles. The molecule has 0 bridgehead atoms. The largest absolute Gasteiger partial charge is 0.473 e. The molecule has 0 aromatic rings. The molecule has 2 atom stereocenters. The van der Waals surface area contributed by atoms with Crippen LogP contribution in [-0.2, 0) is 14.3 Å². The number of carbonyl (C=O) groups is 1. The standard InChI is InChI=1S/C10H15NO3/c1-4-7(3)9-8(11-6-14-9)10(12)13-5-2/h4,6,8-9H,5H2,1-3H3. The molecule has 0 radical (unpaired) electrons. The molecular weight excluding hydrogens is 182 g/mol. The van der Waals surface area contributed by atoms with Crippen molar-refractivity contribution in [3.05, 3.63) is 11.6 Å². The van der Waals surface area contributed by atoms with Crippen molar-refractivity contribution >= 4 is 12.4 Å². The van der Waals surface area contributed by atoms with Gasteiger partial charge in [-0.2, -0.15) is 0 Å². The second-order valence-corrected chi connectivity index (χ2v) is 3.04. The van der Waals surface area contributed by atoms with Gasteiger partial charge in [0.2, 0.25) is 0 Å². The summed E-state index contributed by atoms with van der Waals surface area (Å²) in [5, 5.41) is 0. The monoisotopic (exact) mass is 197 g/mol. The Bertz CT molecular complexity index is 271. The molecule has 0 fully saturated rings. The lowest BCUT2D eigenvalue weighted by Gasteiger charge is -2.16. The summed E-state index contributed by atoms with van der Waals surface area (Å²) in [5.74, 6) is -0.326. The van der Waals surface area contributed by atoms with E-state index in [9.17, 15) is 4.79 Å². The molecule has 1 rings (SSSR count). The van der Waals surface area contributed by atoms with Crippen molar-refractivity contribution in [1.29, 1.82) is 0 Å². The van der Waals surface area contributed by atoms with Gasteiger partial charge in [0, 0.05) is 0 Å². The average Bonchev–Trinajstić information content (AvgIpc) is 2.65. The molecule has 1 aliphatic rings. The van der Waals surface area contributed by atoms with Crippen molar-refractivity contribution in [2.24, 2.45) is 4.99 Å². The molecule has 0 amide bonds. The average molecular weight is 197 g/mol. The quantitative estimate of drug-likeness (QED) is 0.506. The first kappa shape index (κ1) is 10.8. The van der Waals surface area contributed by atoms with E-state index in [-0.39, 0.29) is 12.1 Å². The van der Waals surface area contributed by atoms with Gasteiger partial charge in [-0.15, -0.1) is 0 Å². The molecular formula is C10H15NO3. The zero-order valence-corrected chi connectivity index (χ0v) is 8.69. The Labute approximate surface area is 83.6 Å². The van der Waals surface area contributed by atoms with Crippen LogP contribution in [0, 0.1) is 0 Å². The molecule has 4 nitrogen and oxygen atoms in total. The van der Waals surface area contributed by atoms with Crippen molar-refractivity contribution in [2.45, 2.75) is 32.9 Å². The maximum atomic E-state index is 11.4. The van der Waals surface area contributed by atoms with Crippen LogP contribution in [0.15, 0.2) is 16.6 Å². The van der Waals surface area contributed by atoms with E-state index in [4.69, 9.17) is 9.47 Å². The van der Waals surface area contributed by atoms with Gasteiger partial charge in [-0.25, -0.2) is 9.79 Å². The Morgan fingerprint density at radius 1 is 1.71 bits per heavy atom. The third-order valence-corrected chi connectivity index (χ3v) is 2.15. The van der Waals surface area contributed by atoms with E-state index < -0.39 is 6.04 Å². The summed E-state index contributed by atoms with van der Waals surface area (Å²) < 4.78 is 10.1. The number of esters is 1. The Morgan fingerprint density at radius 2 is 2.43 bits per heavy atom. The molecule has 0 spiro atoms. The fourth-order valence-electron chi connectivity index (χ4n) is 1.25. The number of hydrogen-bond acceptors (Lipinski definition) is 4. The van der Waals surface area contributed by atoms with E-state index in [1.54, 1.807) is 6.92 Å². The van der Waals surface area contributed by atoms with E-state index in [1.165, 1.54) is 6.40 Å². The van der Waals surface area contributed by atoms with Gasteiger partial charge in [-0.1, -0.05) is 6.08 Å². The highest BCUT2D eigenvalue weighted by Gasteiger charge is 2.34. The SMILES string of the molecule is CC=C(C)C1OC=NC1C(=O)OCC. The van der Waals surface area contributed by atoms with Crippen LogP contribution in [0.4, 0.5) is 0 Å². The van der Waals surface area contributed by atoms with Crippen LogP contribution in [0.2, 0.25) is 0 Å². The summed E-state index contributed by atoms with van der Waals surface area (Å²) in [6.07, 6.45) is 2.93. The topological polar surface area (TPSA) is 47.9 Å². The van der Waals surface area contributed by atoms with E-state index in [0.29, 0.717) is 6.61 Å². The first-order valence-corrected chi connectivity index (χ1v) is 4.67. The number of ether oxygens (including phenoxy) is 2. The molecule has 14 heavy (non-hydrogen) atoms. The summed E-state index contributed by atoms with van der Waals surface area (Å²) >= 11 is 0. The summed E-state index contributed by atoms with van der Waals surface area (Å²) in [5.41, 5.74) is 0.987. The smallest absolute Gasteiger partial charge is 0.335 e. The van der Waals surface area contributed by atoms with Crippen molar-refractivity contribution in [3.8, 4) is 0 Å². The van der Waals surface area contributed by atoms with Crippen LogP contribution in [0.5, 0.6) is 0 Å².